The average molecular weight is 212 g/mol. The van der Waals surface area contributed by atoms with Crippen LogP contribution in [0.25, 0.3) is 10.9 Å². The maximum atomic E-state index is 12.9. The number of rotatable bonds is 0. The van der Waals surface area contributed by atoms with Gasteiger partial charge in [0.15, 0.2) is 5.43 Å². The Hall–Kier alpha value is -1.35. The highest BCUT2D eigenvalue weighted by atomic mass is 35.5. The Morgan fingerprint density at radius 2 is 2.07 bits per heavy atom. The van der Waals surface area contributed by atoms with Crippen LogP contribution in [0.15, 0.2) is 23.0 Å². The van der Waals surface area contributed by atoms with Crippen molar-refractivity contribution in [1.82, 2.24) is 4.98 Å². The van der Waals surface area contributed by atoms with Crippen LogP contribution in [0.3, 0.4) is 0 Å². The number of pyridine rings is 1. The lowest BCUT2D eigenvalue weighted by Crippen LogP contribution is -2.03. The lowest BCUT2D eigenvalue weighted by molar-refractivity contribution is 0.629. The van der Waals surface area contributed by atoms with Gasteiger partial charge in [0.1, 0.15) is 5.82 Å². The molecule has 0 amide bonds. The highest BCUT2D eigenvalue weighted by Gasteiger charge is 2.06. The molecule has 0 aliphatic heterocycles. The minimum Gasteiger partial charge on any atom is -0.357 e. The van der Waals surface area contributed by atoms with E-state index in [-0.39, 0.29) is 15.8 Å². The fourth-order valence-corrected chi connectivity index (χ4v) is 1.66. The molecule has 0 spiro atoms. The van der Waals surface area contributed by atoms with Crippen LogP contribution in [0.4, 0.5) is 4.39 Å². The first kappa shape index (κ1) is 9.21. The highest BCUT2D eigenvalue weighted by Crippen LogP contribution is 2.20. The van der Waals surface area contributed by atoms with Crippen LogP contribution in [-0.4, -0.2) is 4.98 Å². The van der Waals surface area contributed by atoms with E-state index in [2.05, 4.69) is 4.98 Å². The fraction of sp³-hybridized carbons (Fsp3) is 0.100. The third-order valence-corrected chi connectivity index (χ3v) is 2.29. The Balaban J connectivity index is 3.02. The highest BCUT2D eigenvalue weighted by molar-refractivity contribution is 6.35. The van der Waals surface area contributed by atoms with Gasteiger partial charge in [0.2, 0.25) is 0 Å². The summed E-state index contributed by atoms with van der Waals surface area (Å²) in [5.74, 6) is -0.503. The number of nitrogens with one attached hydrogen (secondary N) is 1. The van der Waals surface area contributed by atoms with Gasteiger partial charge in [-0.05, 0) is 19.1 Å². The standard InChI is InChI=1S/C10H7ClFNO/c1-5-2-9(14)7-3-6(12)4-8(11)10(7)13-5/h2-4H,1H3,(H,13,14). The van der Waals surface area contributed by atoms with Crippen LogP contribution in [-0.2, 0) is 0 Å². The summed E-state index contributed by atoms with van der Waals surface area (Å²) in [7, 11) is 0. The number of aromatic nitrogens is 1. The molecule has 0 fully saturated rings. The molecule has 1 heterocycles. The van der Waals surface area contributed by atoms with E-state index in [1.807, 2.05) is 0 Å². The van der Waals surface area contributed by atoms with Gasteiger partial charge in [0.25, 0.3) is 0 Å². The summed E-state index contributed by atoms with van der Waals surface area (Å²) in [6.45, 7) is 1.75. The van der Waals surface area contributed by atoms with Gasteiger partial charge < -0.3 is 4.98 Å². The smallest absolute Gasteiger partial charge is 0.189 e. The largest absolute Gasteiger partial charge is 0.357 e. The molecule has 14 heavy (non-hydrogen) atoms. The Morgan fingerprint density at radius 1 is 1.36 bits per heavy atom. The zero-order valence-electron chi connectivity index (χ0n) is 7.40. The second-order valence-electron chi connectivity index (χ2n) is 3.13. The van der Waals surface area contributed by atoms with Crippen molar-refractivity contribution < 1.29 is 4.39 Å². The molecule has 0 saturated heterocycles. The number of aromatic amines is 1. The van der Waals surface area contributed by atoms with Crippen molar-refractivity contribution in [2.45, 2.75) is 6.92 Å². The van der Waals surface area contributed by atoms with Crippen molar-refractivity contribution >= 4 is 22.5 Å². The van der Waals surface area contributed by atoms with Gasteiger partial charge in [-0.3, -0.25) is 4.79 Å². The van der Waals surface area contributed by atoms with Crippen LogP contribution in [0.1, 0.15) is 5.69 Å². The zero-order valence-corrected chi connectivity index (χ0v) is 8.15. The first-order valence-corrected chi connectivity index (χ1v) is 4.44. The fourth-order valence-electron chi connectivity index (χ4n) is 1.40. The van der Waals surface area contributed by atoms with Crippen molar-refractivity contribution in [3.8, 4) is 0 Å². The van der Waals surface area contributed by atoms with E-state index in [0.29, 0.717) is 11.2 Å². The normalized spacial score (nSPS) is 10.8. The lowest BCUT2D eigenvalue weighted by Gasteiger charge is -2.02. The zero-order chi connectivity index (χ0) is 10.3. The third-order valence-electron chi connectivity index (χ3n) is 1.99. The molecule has 0 aliphatic carbocycles. The van der Waals surface area contributed by atoms with E-state index in [1.165, 1.54) is 18.2 Å². The predicted molar refractivity (Wildman–Crippen MR) is 54.3 cm³/mol. The molecule has 0 atom stereocenters. The molecule has 2 nitrogen and oxygen atoms in total. The SMILES string of the molecule is Cc1cc(=O)c2cc(F)cc(Cl)c2[nH]1. The second kappa shape index (κ2) is 3.10. The molecule has 0 bridgehead atoms. The van der Waals surface area contributed by atoms with Gasteiger partial charge in [-0.25, -0.2) is 4.39 Å². The Morgan fingerprint density at radius 3 is 2.79 bits per heavy atom. The first-order valence-electron chi connectivity index (χ1n) is 4.06. The molecular formula is C10H7ClFNO. The van der Waals surface area contributed by atoms with E-state index in [9.17, 15) is 9.18 Å². The number of hydrogen-bond acceptors (Lipinski definition) is 1. The summed E-state index contributed by atoms with van der Waals surface area (Å²) in [5.41, 5.74) is 0.965. The maximum Gasteiger partial charge on any atom is 0.189 e. The number of H-pyrrole nitrogens is 1. The summed E-state index contributed by atoms with van der Waals surface area (Å²) in [4.78, 5) is 14.4. The van der Waals surface area contributed by atoms with E-state index in [0.717, 1.165) is 0 Å². The number of halogens is 2. The minimum absolute atomic E-state index is 0.223. The van der Waals surface area contributed by atoms with Gasteiger partial charge >= 0.3 is 0 Å². The Bertz CT molecular complexity index is 562. The number of fused-ring (bicyclic) bond motifs is 1. The Kier molecular flexibility index (Phi) is 2.04. The molecule has 1 aromatic carbocycles. The summed E-state index contributed by atoms with van der Waals surface area (Å²) in [6, 6.07) is 3.77. The van der Waals surface area contributed by atoms with Gasteiger partial charge in [0.05, 0.1) is 10.5 Å². The molecule has 4 heteroatoms. The van der Waals surface area contributed by atoms with Gasteiger partial charge in [-0.2, -0.15) is 0 Å². The molecule has 1 aromatic heterocycles. The van der Waals surface area contributed by atoms with Crippen LogP contribution in [0.5, 0.6) is 0 Å². The van der Waals surface area contributed by atoms with Crippen molar-refractivity contribution in [1.29, 1.82) is 0 Å². The third kappa shape index (κ3) is 1.40. The predicted octanol–water partition coefficient (Wildman–Crippen LogP) is 2.63. The Labute approximate surface area is 84.3 Å². The molecule has 2 aromatic rings. The summed E-state index contributed by atoms with van der Waals surface area (Å²) >= 11 is 5.80. The van der Waals surface area contributed by atoms with Crippen LogP contribution < -0.4 is 5.43 Å². The monoisotopic (exact) mass is 211 g/mol. The molecular weight excluding hydrogens is 205 g/mol. The van der Waals surface area contributed by atoms with Gasteiger partial charge in [-0.1, -0.05) is 11.6 Å². The molecule has 0 radical (unpaired) electrons. The van der Waals surface area contributed by atoms with E-state index >= 15 is 0 Å². The van der Waals surface area contributed by atoms with Crippen molar-refractivity contribution in [3.05, 3.63) is 45.0 Å². The molecule has 0 aliphatic rings. The molecule has 2 rings (SSSR count). The van der Waals surface area contributed by atoms with Crippen molar-refractivity contribution in [3.63, 3.8) is 0 Å². The molecule has 72 valence electrons. The number of aryl methyl sites for hydroxylation is 1. The topological polar surface area (TPSA) is 32.9 Å². The lowest BCUT2D eigenvalue weighted by atomic mass is 10.2. The summed E-state index contributed by atoms with van der Waals surface area (Å²) in [6.07, 6.45) is 0. The van der Waals surface area contributed by atoms with Gasteiger partial charge in [-0.15, -0.1) is 0 Å². The second-order valence-corrected chi connectivity index (χ2v) is 3.53. The van der Waals surface area contributed by atoms with E-state index < -0.39 is 5.82 Å². The van der Waals surface area contributed by atoms with Crippen LogP contribution in [0.2, 0.25) is 5.02 Å². The molecule has 0 unspecified atom stereocenters. The summed E-state index contributed by atoms with van der Waals surface area (Å²) in [5, 5.41) is 0.501. The number of hydrogen-bond donors (Lipinski definition) is 1. The molecule has 0 saturated carbocycles. The molecule has 1 N–H and O–H groups in total. The van der Waals surface area contributed by atoms with Crippen LogP contribution >= 0.6 is 11.6 Å². The van der Waals surface area contributed by atoms with E-state index in [1.54, 1.807) is 6.92 Å². The average Bonchev–Trinajstić information content (AvgIpc) is 2.07. The van der Waals surface area contributed by atoms with Gasteiger partial charge in [0, 0.05) is 17.1 Å². The minimum atomic E-state index is -0.503. The van der Waals surface area contributed by atoms with Crippen molar-refractivity contribution in [2.24, 2.45) is 0 Å². The summed E-state index contributed by atoms with van der Waals surface area (Å²) < 4.78 is 12.9. The quantitative estimate of drug-likeness (QED) is 0.714. The van der Waals surface area contributed by atoms with E-state index in [4.69, 9.17) is 11.6 Å². The first-order chi connectivity index (χ1) is 6.58. The maximum absolute atomic E-state index is 12.9. The van der Waals surface area contributed by atoms with Crippen molar-refractivity contribution in [2.75, 3.05) is 0 Å². The van der Waals surface area contributed by atoms with Crippen LogP contribution in [0, 0.1) is 12.7 Å². The number of benzene rings is 1.